The third kappa shape index (κ3) is 2.33. The van der Waals surface area contributed by atoms with Crippen LogP contribution in [0.3, 0.4) is 0 Å². The molecule has 0 amide bonds. The second kappa shape index (κ2) is 4.82. The molecule has 0 radical (unpaired) electrons. The SMILES string of the molecule is Cn1c(=O)oc2cc(C(C)(C)CNCS)ccc21. The quantitative estimate of drug-likeness (QED) is 0.656. The van der Waals surface area contributed by atoms with Crippen molar-refractivity contribution in [3.05, 3.63) is 34.3 Å². The lowest BCUT2D eigenvalue weighted by Gasteiger charge is -2.25. The monoisotopic (exact) mass is 266 g/mol. The average molecular weight is 266 g/mol. The number of aryl methyl sites for hydroxylation is 1. The smallest absolute Gasteiger partial charge is 0.408 e. The first kappa shape index (κ1) is 13.2. The van der Waals surface area contributed by atoms with Gasteiger partial charge in [-0.15, -0.1) is 0 Å². The van der Waals surface area contributed by atoms with Crippen molar-refractivity contribution < 1.29 is 4.42 Å². The molecule has 0 fully saturated rings. The van der Waals surface area contributed by atoms with Gasteiger partial charge in [0, 0.05) is 24.9 Å². The number of hydrogen-bond acceptors (Lipinski definition) is 4. The molecule has 1 N–H and O–H groups in total. The molecule has 0 aliphatic rings. The van der Waals surface area contributed by atoms with Gasteiger partial charge in [0.25, 0.3) is 0 Å². The van der Waals surface area contributed by atoms with Crippen molar-refractivity contribution in [1.29, 1.82) is 0 Å². The first-order valence-electron chi connectivity index (χ1n) is 5.87. The van der Waals surface area contributed by atoms with E-state index in [1.54, 1.807) is 7.05 Å². The average Bonchev–Trinajstić information content (AvgIpc) is 2.62. The Morgan fingerprint density at radius 3 is 2.83 bits per heavy atom. The molecule has 1 aromatic heterocycles. The lowest BCUT2D eigenvalue weighted by atomic mass is 9.84. The molecule has 0 saturated carbocycles. The highest BCUT2D eigenvalue weighted by Gasteiger charge is 2.21. The van der Waals surface area contributed by atoms with E-state index in [1.807, 2.05) is 18.2 Å². The summed E-state index contributed by atoms with van der Waals surface area (Å²) < 4.78 is 6.72. The Kier molecular flexibility index (Phi) is 3.54. The van der Waals surface area contributed by atoms with Gasteiger partial charge in [-0.1, -0.05) is 19.9 Å². The number of fused-ring (bicyclic) bond motifs is 1. The zero-order valence-electron chi connectivity index (χ0n) is 10.9. The summed E-state index contributed by atoms with van der Waals surface area (Å²) >= 11 is 4.15. The molecule has 4 nitrogen and oxygen atoms in total. The Bertz CT molecular complexity index is 613. The van der Waals surface area contributed by atoms with Crippen molar-refractivity contribution in [3.63, 3.8) is 0 Å². The molecular weight excluding hydrogens is 248 g/mol. The molecule has 0 spiro atoms. The molecule has 5 heteroatoms. The summed E-state index contributed by atoms with van der Waals surface area (Å²) in [4.78, 5) is 11.4. The maximum Gasteiger partial charge on any atom is 0.419 e. The zero-order chi connectivity index (χ0) is 13.3. The third-order valence-electron chi connectivity index (χ3n) is 3.25. The van der Waals surface area contributed by atoms with E-state index in [0.717, 1.165) is 17.6 Å². The Morgan fingerprint density at radius 1 is 1.44 bits per heavy atom. The van der Waals surface area contributed by atoms with Gasteiger partial charge >= 0.3 is 5.76 Å². The van der Waals surface area contributed by atoms with Crippen LogP contribution in [0.2, 0.25) is 0 Å². The number of nitrogens with one attached hydrogen (secondary N) is 1. The van der Waals surface area contributed by atoms with Crippen molar-refractivity contribution in [2.45, 2.75) is 19.3 Å². The predicted molar refractivity (Wildman–Crippen MR) is 76.3 cm³/mol. The first-order chi connectivity index (χ1) is 8.45. The van der Waals surface area contributed by atoms with Crippen LogP contribution in [0, 0.1) is 0 Å². The number of hydrogen-bond donors (Lipinski definition) is 2. The van der Waals surface area contributed by atoms with Crippen LogP contribution in [-0.2, 0) is 12.5 Å². The van der Waals surface area contributed by atoms with Gasteiger partial charge in [0.15, 0.2) is 5.58 Å². The van der Waals surface area contributed by atoms with Crippen LogP contribution in [0.15, 0.2) is 27.4 Å². The third-order valence-corrected chi connectivity index (χ3v) is 3.48. The van der Waals surface area contributed by atoms with Gasteiger partial charge < -0.3 is 9.73 Å². The highest BCUT2D eigenvalue weighted by atomic mass is 32.1. The van der Waals surface area contributed by atoms with Gasteiger partial charge in [-0.25, -0.2) is 4.79 Å². The summed E-state index contributed by atoms with van der Waals surface area (Å²) in [6, 6.07) is 5.91. The van der Waals surface area contributed by atoms with E-state index in [0.29, 0.717) is 11.5 Å². The number of oxazole rings is 1. The highest BCUT2D eigenvalue weighted by molar-refractivity contribution is 7.80. The van der Waals surface area contributed by atoms with Crippen molar-refractivity contribution in [1.82, 2.24) is 9.88 Å². The van der Waals surface area contributed by atoms with Crippen molar-refractivity contribution >= 4 is 23.7 Å². The Labute approximate surface area is 111 Å². The fourth-order valence-electron chi connectivity index (χ4n) is 2.03. The maximum atomic E-state index is 11.4. The Morgan fingerprint density at radius 2 is 2.17 bits per heavy atom. The molecule has 0 bridgehead atoms. The van der Waals surface area contributed by atoms with Crippen LogP contribution in [0.25, 0.3) is 11.1 Å². The lowest BCUT2D eigenvalue weighted by molar-refractivity contribution is 0.488. The van der Waals surface area contributed by atoms with Crippen molar-refractivity contribution in [2.24, 2.45) is 7.05 Å². The molecule has 0 saturated heterocycles. The second-order valence-corrected chi connectivity index (χ2v) is 5.39. The molecule has 0 aliphatic carbocycles. The molecule has 98 valence electrons. The Balaban J connectivity index is 2.44. The topological polar surface area (TPSA) is 47.2 Å². The summed E-state index contributed by atoms with van der Waals surface area (Å²) in [6.45, 7) is 5.11. The van der Waals surface area contributed by atoms with Crippen molar-refractivity contribution in [3.8, 4) is 0 Å². The van der Waals surface area contributed by atoms with E-state index < -0.39 is 0 Å². The Hall–Kier alpha value is -1.20. The van der Waals surface area contributed by atoms with E-state index in [9.17, 15) is 4.79 Å². The molecule has 1 heterocycles. The van der Waals surface area contributed by atoms with E-state index in [4.69, 9.17) is 4.42 Å². The fourth-order valence-corrected chi connectivity index (χ4v) is 2.14. The van der Waals surface area contributed by atoms with Crippen LogP contribution in [0.1, 0.15) is 19.4 Å². The number of benzene rings is 1. The predicted octanol–water partition coefficient (Wildman–Crippen LogP) is 1.89. The molecule has 0 aliphatic heterocycles. The summed E-state index contributed by atoms with van der Waals surface area (Å²) in [6.07, 6.45) is 0. The highest BCUT2D eigenvalue weighted by Crippen LogP contribution is 2.25. The molecule has 2 rings (SSSR count). The van der Waals surface area contributed by atoms with Crippen molar-refractivity contribution in [2.75, 3.05) is 12.4 Å². The summed E-state index contributed by atoms with van der Waals surface area (Å²) in [5.74, 6) is 0.319. The molecule has 0 unspecified atom stereocenters. The van der Waals surface area contributed by atoms with Crippen LogP contribution < -0.4 is 11.1 Å². The molecule has 2 aromatic rings. The van der Waals surface area contributed by atoms with E-state index in [-0.39, 0.29) is 11.2 Å². The second-order valence-electron chi connectivity index (χ2n) is 5.08. The number of nitrogens with zero attached hydrogens (tertiary/aromatic N) is 1. The number of aromatic nitrogens is 1. The maximum absolute atomic E-state index is 11.4. The number of rotatable bonds is 4. The van der Waals surface area contributed by atoms with Gasteiger partial charge in [-0.2, -0.15) is 12.6 Å². The standard InChI is InChI=1S/C13H18N2O2S/c1-13(2,7-14-8-18)9-4-5-10-11(6-9)17-12(16)15(10)3/h4-6,14,18H,7-8H2,1-3H3. The summed E-state index contributed by atoms with van der Waals surface area (Å²) in [7, 11) is 1.71. The minimum absolute atomic E-state index is 0.0364. The summed E-state index contributed by atoms with van der Waals surface area (Å²) in [5.41, 5.74) is 2.56. The minimum Gasteiger partial charge on any atom is -0.408 e. The van der Waals surface area contributed by atoms with Crippen LogP contribution in [-0.4, -0.2) is 17.0 Å². The normalized spacial score (nSPS) is 12.2. The van der Waals surface area contributed by atoms with Crippen LogP contribution in [0.4, 0.5) is 0 Å². The molecule has 1 aromatic carbocycles. The molecular formula is C13H18N2O2S. The largest absolute Gasteiger partial charge is 0.419 e. The van der Waals surface area contributed by atoms with E-state index in [2.05, 4.69) is 31.8 Å². The fraction of sp³-hybridized carbons (Fsp3) is 0.462. The molecule has 18 heavy (non-hydrogen) atoms. The van der Waals surface area contributed by atoms with Gasteiger partial charge in [-0.3, -0.25) is 4.57 Å². The van der Waals surface area contributed by atoms with E-state index in [1.165, 1.54) is 4.57 Å². The first-order valence-corrected chi connectivity index (χ1v) is 6.50. The van der Waals surface area contributed by atoms with Gasteiger partial charge in [0.2, 0.25) is 0 Å². The zero-order valence-corrected chi connectivity index (χ0v) is 11.8. The van der Waals surface area contributed by atoms with E-state index >= 15 is 0 Å². The minimum atomic E-state index is -0.326. The van der Waals surface area contributed by atoms with Crippen LogP contribution in [0.5, 0.6) is 0 Å². The lowest BCUT2D eigenvalue weighted by Crippen LogP contribution is -2.32. The summed E-state index contributed by atoms with van der Waals surface area (Å²) in [5, 5.41) is 3.22. The molecule has 0 atom stereocenters. The number of thiol groups is 1. The van der Waals surface area contributed by atoms with Gasteiger partial charge in [-0.05, 0) is 17.7 Å². The van der Waals surface area contributed by atoms with Gasteiger partial charge in [0.05, 0.1) is 5.52 Å². The van der Waals surface area contributed by atoms with Gasteiger partial charge in [0.1, 0.15) is 0 Å². The van der Waals surface area contributed by atoms with Crippen LogP contribution >= 0.6 is 12.6 Å².